The molecule has 2 aliphatic heterocycles. The average Bonchev–Trinajstić information content (AvgIpc) is 3.38. The molecule has 47 heavy (non-hydrogen) atoms. The lowest BCUT2D eigenvalue weighted by Gasteiger charge is -2.36. The molecule has 4 aromatic carbocycles. The number of benzene rings is 4. The molecule has 2 aliphatic rings. The summed E-state index contributed by atoms with van der Waals surface area (Å²) < 4.78 is 18.1. The van der Waals surface area contributed by atoms with E-state index in [2.05, 4.69) is 17.4 Å². The molecule has 9 nitrogen and oxygen atoms in total. The second-order valence-electron chi connectivity index (χ2n) is 11.5. The minimum Gasteiger partial charge on any atom is -0.445 e. The van der Waals surface area contributed by atoms with Gasteiger partial charge in [0.15, 0.2) is 6.29 Å². The Morgan fingerprint density at radius 3 is 2.19 bits per heavy atom. The van der Waals surface area contributed by atoms with E-state index in [-0.39, 0.29) is 44.3 Å². The summed E-state index contributed by atoms with van der Waals surface area (Å²) in [6.07, 6.45) is -1.09. The third-order valence-corrected chi connectivity index (χ3v) is 9.28. The Hall–Kier alpha value is -4.48. The van der Waals surface area contributed by atoms with Gasteiger partial charge in [-0.25, -0.2) is 4.79 Å². The van der Waals surface area contributed by atoms with Crippen LogP contribution in [0.5, 0.6) is 0 Å². The predicted octanol–water partition coefficient (Wildman–Crippen LogP) is 6.07. The molecule has 2 N–H and O–H groups in total. The van der Waals surface area contributed by atoms with Gasteiger partial charge in [0.1, 0.15) is 12.6 Å². The second kappa shape index (κ2) is 15.4. The number of aliphatic hydroxyl groups excluding tert-OH is 1. The molecule has 0 saturated carbocycles. The van der Waals surface area contributed by atoms with Crippen molar-refractivity contribution in [3.8, 4) is 0 Å². The molecule has 3 amide bonds. The van der Waals surface area contributed by atoms with Crippen molar-refractivity contribution in [2.45, 2.75) is 62.0 Å². The Labute approximate surface area is 277 Å². The third-order valence-electron chi connectivity index (χ3n) is 8.14. The largest absolute Gasteiger partial charge is 0.445 e. The van der Waals surface area contributed by atoms with Gasteiger partial charge in [0.2, 0.25) is 5.91 Å². The topological polar surface area (TPSA) is 114 Å². The lowest BCUT2D eigenvalue weighted by Crippen LogP contribution is -2.41. The number of thioether (sulfide) groups is 1. The van der Waals surface area contributed by atoms with Crippen molar-refractivity contribution in [3.05, 3.63) is 137 Å². The highest BCUT2D eigenvalue weighted by Crippen LogP contribution is 2.39. The first-order chi connectivity index (χ1) is 22.9. The van der Waals surface area contributed by atoms with Gasteiger partial charge in [-0.05, 0) is 34.4 Å². The first-order valence-electron chi connectivity index (χ1n) is 15.5. The Kier molecular flexibility index (Phi) is 10.6. The monoisotopic (exact) mass is 652 g/mol. The molecule has 0 aromatic heterocycles. The van der Waals surface area contributed by atoms with E-state index in [1.54, 1.807) is 11.8 Å². The molecule has 10 heteroatoms. The van der Waals surface area contributed by atoms with E-state index in [9.17, 15) is 19.5 Å². The van der Waals surface area contributed by atoms with E-state index in [4.69, 9.17) is 14.2 Å². The van der Waals surface area contributed by atoms with Gasteiger partial charge < -0.3 is 24.6 Å². The number of imide groups is 1. The normalized spacial score (nSPS) is 21.1. The number of likely N-dealkylation sites (tertiary alicyclic amines) is 1. The van der Waals surface area contributed by atoms with Crippen molar-refractivity contribution in [3.63, 3.8) is 0 Å². The van der Waals surface area contributed by atoms with Gasteiger partial charge in [0, 0.05) is 22.6 Å². The lowest BCUT2D eigenvalue weighted by atomic mass is 10.0. The zero-order valence-electron chi connectivity index (χ0n) is 25.7. The van der Waals surface area contributed by atoms with E-state index in [1.165, 1.54) is 4.90 Å². The smallest absolute Gasteiger partial charge is 0.408 e. The van der Waals surface area contributed by atoms with E-state index >= 15 is 0 Å². The molecule has 2 heterocycles. The zero-order chi connectivity index (χ0) is 32.6. The number of rotatable bonds is 11. The van der Waals surface area contributed by atoms with Crippen LogP contribution in [0.25, 0.3) is 0 Å². The molecule has 4 aromatic rings. The fourth-order valence-electron chi connectivity index (χ4n) is 5.56. The lowest BCUT2D eigenvalue weighted by molar-refractivity contribution is -0.245. The van der Waals surface area contributed by atoms with Crippen molar-refractivity contribution in [1.29, 1.82) is 0 Å². The van der Waals surface area contributed by atoms with Crippen molar-refractivity contribution in [1.82, 2.24) is 10.2 Å². The fourth-order valence-corrected chi connectivity index (χ4v) is 6.50. The maximum atomic E-state index is 13.0. The second-order valence-corrected chi connectivity index (χ2v) is 12.6. The van der Waals surface area contributed by atoms with Crippen molar-refractivity contribution in [2.24, 2.45) is 0 Å². The summed E-state index contributed by atoms with van der Waals surface area (Å²) in [4.78, 5) is 40.4. The molecule has 4 atom stereocenters. The maximum absolute atomic E-state index is 13.0. The summed E-state index contributed by atoms with van der Waals surface area (Å²) in [6.45, 7) is 0.125. The SMILES string of the molecule is O=C(NC1CC(=O)N(Cc2ccc([C@@H]3O[C@H](CSc4ccccc4)C[C@H](c4ccc(CO)cc4)O3)cc2)C1=O)OCc1ccccc1. The number of hydrogen-bond donors (Lipinski definition) is 2. The van der Waals surface area contributed by atoms with E-state index in [0.29, 0.717) is 6.42 Å². The number of alkyl carbamates (subject to hydrolysis) is 1. The van der Waals surface area contributed by atoms with E-state index in [0.717, 1.165) is 38.5 Å². The molecular weight excluding hydrogens is 616 g/mol. The van der Waals surface area contributed by atoms with Gasteiger partial charge in [-0.3, -0.25) is 14.5 Å². The molecule has 2 saturated heterocycles. The highest BCUT2D eigenvalue weighted by molar-refractivity contribution is 7.99. The average molecular weight is 653 g/mol. The van der Waals surface area contributed by atoms with Gasteiger partial charge in [0.05, 0.1) is 31.8 Å². The number of amides is 3. The summed E-state index contributed by atoms with van der Waals surface area (Å²) in [5.41, 5.74) is 4.24. The summed E-state index contributed by atoms with van der Waals surface area (Å²) >= 11 is 1.74. The highest BCUT2D eigenvalue weighted by Gasteiger charge is 2.40. The highest BCUT2D eigenvalue weighted by atomic mass is 32.2. The quantitative estimate of drug-likeness (QED) is 0.148. The van der Waals surface area contributed by atoms with Crippen molar-refractivity contribution < 1.29 is 33.7 Å². The summed E-state index contributed by atoms with van der Waals surface area (Å²) in [5, 5.41) is 12.0. The number of aliphatic hydroxyl groups is 1. The molecule has 0 bridgehead atoms. The van der Waals surface area contributed by atoms with Crippen LogP contribution in [-0.2, 0) is 43.6 Å². The molecule has 6 rings (SSSR count). The van der Waals surface area contributed by atoms with Gasteiger partial charge >= 0.3 is 6.09 Å². The zero-order valence-corrected chi connectivity index (χ0v) is 26.5. The van der Waals surface area contributed by atoms with Crippen LogP contribution < -0.4 is 5.32 Å². The Bertz CT molecular complexity index is 1650. The van der Waals surface area contributed by atoms with Crippen LogP contribution in [0.15, 0.2) is 114 Å². The van der Waals surface area contributed by atoms with Gasteiger partial charge in [-0.15, -0.1) is 11.8 Å². The molecule has 2 fully saturated rings. The number of hydrogen-bond acceptors (Lipinski definition) is 8. The summed E-state index contributed by atoms with van der Waals surface area (Å²) in [6, 6.07) is 33.7. The number of carbonyl (C=O) groups is 3. The van der Waals surface area contributed by atoms with E-state index in [1.807, 2.05) is 97.1 Å². The van der Waals surface area contributed by atoms with Crippen LogP contribution in [0.1, 0.15) is 53.1 Å². The van der Waals surface area contributed by atoms with Crippen LogP contribution in [0, 0.1) is 0 Å². The molecule has 0 radical (unpaired) electrons. The molecule has 1 unspecified atom stereocenters. The predicted molar refractivity (Wildman–Crippen MR) is 176 cm³/mol. The Morgan fingerprint density at radius 1 is 0.830 bits per heavy atom. The van der Waals surface area contributed by atoms with Crippen LogP contribution >= 0.6 is 11.8 Å². The fraction of sp³-hybridized carbons (Fsp3) is 0.270. The van der Waals surface area contributed by atoms with Crippen molar-refractivity contribution >= 4 is 29.7 Å². The minimum absolute atomic E-state index is 0.0205. The van der Waals surface area contributed by atoms with Gasteiger partial charge in [-0.2, -0.15) is 0 Å². The first-order valence-corrected chi connectivity index (χ1v) is 16.5. The summed E-state index contributed by atoms with van der Waals surface area (Å²) in [7, 11) is 0. The molecule has 0 aliphatic carbocycles. The van der Waals surface area contributed by atoms with E-state index < -0.39 is 24.3 Å². The van der Waals surface area contributed by atoms with Crippen molar-refractivity contribution in [2.75, 3.05) is 5.75 Å². The number of nitrogens with one attached hydrogen (secondary N) is 1. The Morgan fingerprint density at radius 2 is 1.49 bits per heavy atom. The van der Waals surface area contributed by atoms with Crippen LogP contribution in [0.4, 0.5) is 4.79 Å². The standard InChI is InChI=1S/C37H36N2O7S/c40-22-26-13-15-28(16-14-26)33-19-30(24-47-31-9-5-2-6-10-31)45-36(46-33)29-17-11-25(12-18-29)21-39-34(41)20-32(35(39)42)38-37(43)44-23-27-7-3-1-4-8-27/h1-18,30,32-33,36,40H,19-24H2,(H,38,43)/t30-,32?,33+,36+/m0/s1. The number of ether oxygens (including phenoxy) is 3. The molecule has 242 valence electrons. The van der Waals surface area contributed by atoms with Crippen LogP contribution in [0.2, 0.25) is 0 Å². The van der Waals surface area contributed by atoms with Gasteiger partial charge in [-0.1, -0.05) is 97.1 Å². The van der Waals surface area contributed by atoms with Crippen LogP contribution in [0.3, 0.4) is 0 Å². The van der Waals surface area contributed by atoms with Crippen LogP contribution in [-0.4, -0.2) is 45.8 Å². The summed E-state index contributed by atoms with van der Waals surface area (Å²) in [5.74, 6) is -0.0786. The Balaban J connectivity index is 1.08. The third kappa shape index (κ3) is 8.47. The first kappa shape index (κ1) is 32.5. The van der Waals surface area contributed by atoms with Gasteiger partial charge in [0.25, 0.3) is 5.91 Å². The number of nitrogens with zero attached hydrogens (tertiary/aromatic N) is 1. The minimum atomic E-state index is -0.969. The molecular formula is C37H36N2O7S. The maximum Gasteiger partial charge on any atom is 0.408 e. The molecule has 0 spiro atoms. The number of carbonyl (C=O) groups excluding carboxylic acids is 3.